The molecule has 2 heterocycles. The van der Waals surface area contributed by atoms with E-state index in [4.69, 9.17) is 0 Å². The molecule has 0 bridgehead atoms. The molecule has 0 amide bonds. The Hall–Kier alpha value is -6.68. The minimum atomic E-state index is -0.0593. The molecule has 304 valence electrons. The molecule has 1 aromatic heterocycles. The van der Waals surface area contributed by atoms with Gasteiger partial charge in [0, 0.05) is 65.5 Å². The summed E-state index contributed by atoms with van der Waals surface area (Å²) in [5, 5.41) is 2.67. The summed E-state index contributed by atoms with van der Waals surface area (Å²) in [7, 11) is 0. The normalized spacial score (nSPS) is 20.8. The zero-order chi connectivity index (χ0) is 42.2. The zero-order valence-corrected chi connectivity index (χ0v) is 37.0. The van der Waals surface area contributed by atoms with Gasteiger partial charge in [0.2, 0.25) is 0 Å². The van der Waals surface area contributed by atoms with Gasteiger partial charge in [-0.3, -0.25) is 0 Å². The third kappa shape index (κ3) is 5.30. The van der Waals surface area contributed by atoms with E-state index in [0.717, 1.165) is 6.42 Å². The molecule has 0 spiro atoms. The van der Waals surface area contributed by atoms with Crippen molar-refractivity contribution in [3.8, 4) is 11.1 Å². The van der Waals surface area contributed by atoms with Gasteiger partial charge < -0.3 is 9.80 Å². The Morgan fingerprint density at radius 1 is 0.619 bits per heavy atom. The van der Waals surface area contributed by atoms with E-state index in [0.29, 0.717) is 11.8 Å². The van der Waals surface area contributed by atoms with E-state index in [-0.39, 0.29) is 16.9 Å². The van der Waals surface area contributed by atoms with Crippen LogP contribution >= 0.6 is 11.3 Å². The number of nitrogens with zero attached hydrogens (tertiary/aromatic N) is 2. The molecule has 2 nitrogen and oxygen atoms in total. The summed E-state index contributed by atoms with van der Waals surface area (Å²) in [5.41, 5.74) is 20.0. The number of thiophene rings is 1. The van der Waals surface area contributed by atoms with Gasteiger partial charge in [-0.25, -0.2) is 0 Å². The van der Waals surface area contributed by atoms with Gasteiger partial charge >= 0.3 is 0 Å². The fraction of sp³-hybridized carbons (Fsp3) is 0.167. The number of hydrogen-bond donors (Lipinski definition) is 0. The zero-order valence-electron chi connectivity index (χ0n) is 36.1. The monoisotopic (exact) mass is 828 g/mol. The van der Waals surface area contributed by atoms with Crippen molar-refractivity contribution in [1.82, 2.24) is 0 Å². The molecular weight excluding hydrogens is 781 g/mol. The maximum atomic E-state index is 2.64. The second kappa shape index (κ2) is 13.4. The first-order valence-corrected chi connectivity index (χ1v) is 23.4. The Balaban J connectivity index is 0.941. The maximum Gasteiger partial charge on any atom is 0.0634 e. The average molecular weight is 829 g/mol. The van der Waals surface area contributed by atoms with Gasteiger partial charge in [0.1, 0.15) is 0 Å². The first-order valence-electron chi connectivity index (χ1n) is 22.6. The molecule has 3 heteroatoms. The number of rotatable bonds is 5. The molecule has 13 rings (SSSR count). The summed E-state index contributed by atoms with van der Waals surface area (Å²) in [6.07, 6.45) is 11.2. The third-order valence-corrected chi connectivity index (χ3v) is 16.5. The lowest BCUT2D eigenvalue weighted by Crippen LogP contribution is -2.29. The molecular formula is C60H48N2S. The first kappa shape index (κ1) is 36.9. The predicted octanol–water partition coefficient (Wildman–Crippen LogP) is 16.1. The van der Waals surface area contributed by atoms with Crippen molar-refractivity contribution in [3.63, 3.8) is 0 Å². The molecule has 0 saturated carbocycles. The molecule has 63 heavy (non-hydrogen) atoms. The van der Waals surface area contributed by atoms with Crippen LogP contribution in [0, 0.1) is 5.92 Å². The molecule has 5 aliphatic rings. The van der Waals surface area contributed by atoms with E-state index >= 15 is 0 Å². The van der Waals surface area contributed by atoms with Crippen LogP contribution < -0.4 is 9.80 Å². The van der Waals surface area contributed by atoms with Crippen molar-refractivity contribution in [1.29, 1.82) is 0 Å². The molecule has 0 N–H and O–H groups in total. The van der Waals surface area contributed by atoms with Gasteiger partial charge in [0.15, 0.2) is 0 Å². The van der Waals surface area contributed by atoms with E-state index < -0.39 is 0 Å². The van der Waals surface area contributed by atoms with E-state index in [1.54, 1.807) is 0 Å². The van der Waals surface area contributed by atoms with Gasteiger partial charge in [-0.05, 0) is 122 Å². The molecule has 1 aliphatic heterocycles. The number of benzene rings is 7. The number of hydrogen-bond acceptors (Lipinski definition) is 3. The van der Waals surface area contributed by atoms with E-state index in [9.17, 15) is 0 Å². The van der Waals surface area contributed by atoms with Gasteiger partial charge in [0.05, 0.1) is 6.04 Å². The quantitative estimate of drug-likeness (QED) is 0.171. The minimum absolute atomic E-state index is 0.0144. The highest BCUT2D eigenvalue weighted by Crippen LogP contribution is 2.61. The Kier molecular flexibility index (Phi) is 7.86. The van der Waals surface area contributed by atoms with Crippen molar-refractivity contribution < 1.29 is 0 Å². The Labute approximate surface area is 374 Å². The van der Waals surface area contributed by atoms with Crippen molar-refractivity contribution in [2.45, 2.75) is 56.9 Å². The second-order valence-electron chi connectivity index (χ2n) is 19.2. The molecule has 0 saturated heterocycles. The SMILES string of the molecule is CC1(C)C2=CC3c4ccc(N(C5=CCC6C(=C5)c5ccccc5N6c5ccccc5)c5ccc(-c6cccc7c6sc6ccccc67)cc5)cc4C(C)(C)C3C=C2c2ccccc21. The lowest BCUT2D eigenvalue weighted by molar-refractivity contribution is 0.393. The van der Waals surface area contributed by atoms with Gasteiger partial charge in [0.25, 0.3) is 0 Å². The number of anilines is 4. The lowest BCUT2D eigenvalue weighted by atomic mass is 9.70. The summed E-state index contributed by atoms with van der Waals surface area (Å²) in [5.74, 6) is 0.722. The van der Waals surface area contributed by atoms with Crippen molar-refractivity contribution in [2.24, 2.45) is 5.92 Å². The predicted molar refractivity (Wildman–Crippen MR) is 268 cm³/mol. The largest absolute Gasteiger partial charge is 0.333 e. The minimum Gasteiger partial charge on any atom is -0.333 e. The van der Waals surface area contributed by atoms with Gasteiger partial charge in [-0.1, -0.05) is 161 Å². The van der Waals surface area contributed by atoms with Crippen LogP contribution in [-0.2, 0) is 10.8 Å². The standard InChI is InChI=1S/C60H48N2S/c1-59(2)51-22-11-8-17-43(51)48-35-54-49(36-53(48)59)44-31-29-41(34-52(44)60(54,3)4)61(39-27-25-37(26-28-39)42-20-14-21-47-46-19-10-13-24-57(46)63-58(42)47)40-30-32-56-50(33-40)45-18-9-12-23-55(45)62(56)38-15-6-5-7-16-38/h5-31,33-36,49,54,56H,32H2,1-4H3. The first-order chi connectivity index (χ1) is 30.8. The van der Waals surface area contributed by atoms with Crippen LogP contribution in [0.4, 0.5) is 22.7 Å². The van der Waals surface area contributed by atoms with Crippen LogP contribution in [0.3, 0.4) is 0 Å². The van der Waals surface area contributed by atoms with Gasteiger partial charge in [-0.15, -0.1) is 11.3 Å². The van der Waals surface area contributed by atoms with Crippen LogP contribution in [0.15, 0.2) is 199 Å². The fourth-order valence-corrected chi connectivity index (χ4v) is 13.4. The maximum absolute atomic E-state index is 2.64. The molecule has 8 aromatic rings. The smallest absolute Gasteiger partial charge is 0.0634 e. The van der Waals surface area contributed by atoms with Gasteiger partial charge in [-0.2, -0.15) is 0 Å². The Bertz CT molecular complexity index is 3340. The summed E-state index contributed by atoms with van der Waals surface area (Å²) in [6, 6.07) is 61.5. The van der Waals surface area contributed by atoms with Crippen molar-refractivity contribution >= 4 is 65.4 Å². The Morgan fingerprint density at radius 3 is 2.19 bits per heavy atom. The second-order valence-corrected chi connectivity index (χ2v) is 20.3. The van der Waals surface area contributed by atoms with Crippen LogP contribution in [0.1, 0.15) is 67.9 Å². The highest BCUT2D eigenvalue weighted by Gasteiger charge is 2.50. The summed E-state index contributed by atoms with van der Waals surface area (Å²) >= 11 is 1.90. The topological polar surface area (TPSA) is 6.48 Å². The number of para-hydroxylation sites is 2. The third-order valence-electron chi connectivity index (χ3n) is 15.2. The van der Waals surface area contributed by atoms with E-state index in [2.05, 4.69) is 226 Å². The van der Waals surface area contributed by atoms with Crippen molar-refractivity contribution in [3.05, 3.63) is 227 Å². The molecule has 0 fully saturated rings. The molecule has 4 aliphatic carbocycles. The van der Waals surface area contributed by atoms with E-state index in [1.807, 2.05) is 11.3 Å². The van der Waals surface area contributed by atoms with Crippen molar-refractivity contribution in [2.75, 3.05) is 9.80 Å². The van der Waals surface area contributed by atoms with Crippen LogP contribution in [0.2, 0.25) is 0 Å². The van der Waals surface area contributed by atoms with Crippen LogP contribution in [0.5, 0.6) is 0 Å². The molecule has 3 unspecified atom stereocenters. The highest BCUT2D eigenvalue weighted by molar-refractivity contribution is 7.26. The summed E-state index contributed by atoms with van der Waals surface area (Å²) in [4.78, 5) is 5.07. The lowest BCUT2D eigenvalue weighted by Gasteiger charge is -2.34. The summed E-state index contributed by atoms with van der Waals surface area (Å²) in [6.45, 7) is 9.79. The molecule has 0 radical (unpaired) electrons. The van der Waals surface area contributed by atoms with Crippen LogP contribution in [-0.4, -0.2) is 6.04 Å². The van der Waals surface area contributed by atoms with E-state index in [1.165, 1.54) is 104 Å². The average Bonchev–Trinajstić information content (AvgIpc) is 4.00. The molecule has 3 atom stereocenters. The summed E-state index contributed by atoms with van der Waals surface area (Å²) < 4.78 is 2.68. The Morgan fingerprint density at radius 2 is 1.33 bits per heavy atom. The fourth-order valence-electron chi connectivity index (χ4n) is 12.1. The van der Waals surface area contributed by atoms with Crippen LogP contribution in [0.25, 0.3) is 42.4 Å². The number of allylic oxidation sites excluding steroid dienone is 5. The highest BCUT2D eigenvalue weighted by atomic mass is 32.1. The number of fused-ring (bicyclic) bond motifs is 12. The molecule has 7 aromatic carbocycles.